The van der Waals surface area contributed by atoms with E-state index in [0.717, 1.165) is 13.1 Å². The van der Waals surface area contributed by atoms with E-state index >= 15 is 0 Å². The predicted octanol–water partition coefficient (Wildman–Crippen LogP) is 1.64. The molecule has 0 fully saturated rings. The monoisotopic (exact) mass is 320 g/mol. The molecule has 22 heavy (non-hydrogen) atoms. The highest BCUT2D eigenvalue weighted by atomic mass is 32.1. The number of nitrogens with zero attached hydrogens (tertiary/aromatic N) is 2. The van der Waals surface area contributed by atoms with Crippen molar-refractivity contribution in [3.8, 4) is 0 Å². The molecule has 0 aliphatic carbocycles. The van der Waals surface area contributed by atoms with Crippen LogP contribution in [0.2, 0.25) is 0 Å². The number of hydrogen-bond acceptors (Lipinski definition) is 5. The number of aromatic amines is 1. The summed E-state index contributed by atoms with van der Waals surface area (Å²) in [7, 11) is 0. The van der Waals surface area contributed by atoms with Gasteiger partial charge in [-0.1, -0.05) is 13.8 Å². The molecule has 2 aromatic heterocycles. The van der Waals surface area contributed by atoms with Crippen LogP contribution in [0.1, 0.15) is 35.9 Å². The van der Waals surface area contributed by atoms with Crippen molar-refractivity contribution in [2.24, 2.45) is 0 Å². The first-order valence-electron chi connectivity index (χ1n) is 7.25. The van der Waals surface area contributed by atoms with Gasteiger partial charge in [0, 0.05) is 12.6 Å². The fraction of sp³-hybridized carbons (Fsp3) is 0.400. The normalized spacial score (nSPS) is 12.3. The fourth-order valence-electron chi connectivity index (χ4n) is 2.34. The van der Waals surface area contributed by atoms with Crippen LogP contribution < -0.4 is 10.9 Å². The number of aromatic nitrogens is 2. The summed E-state index contributed by atoms with van der Waals surface area (Å²) >= 11 is 1.65. The lowest BCUT2D eigenvalue weighted by Gasteiger charge is -2.29. The highest BCUT2D eigenvalue weighted by Crippen LogP contribution is 2.22. The van der Waals surface area contributed by atoms with Crippen LogP contribution in [0.5, 0.6) is 0 Å². The van der Waals surface area contributed by atoms with Crippen LogP contribution >= 0.6 is 11.3 Å². The van der Waals surface area contributed by atoms with E-state index in [2.05, 4.69) is 45.7 Å². The van der Waals surface area contributed by atoms with Crippen molar-refractivity contribution >= 4 is 17.2 Å². The Morgan fingerprint density at radius 3 is 2.68 bits per heavy atom. The molecule has 0 radical (unpaired) electrons. The molecule has 0 saturated carbocycles. The van der Waals surface area contributed by atoms with E-state index in [9.17, 15) is 9.59 Å². The molecule has 0 saturated heterocycles. The first-order valence-corrected chi connectivity index (χ1v) is 8.20. The maximum absolute atomic E-state index is 12.1. The van der Waals surface area contributed by atoms with E-state index in [4.69, 9.17) is 0 Å². The molecule has 0 aromatic carbocycles. The minimum Gasteiger partial charge on any atom is -0.349 e. The zero-order valence-electron chi connectivity index (χ0n) is 12.7. The summed E-state index contributed by atoms with van der Waals surface area (Å²) in [5, 5.41) is 13.0. The van der Waals surface area contributed by atoms with Crippen molar-refractivity contribution in [1.29, 1.82) is 0 Å². The first kappa shape index (κ1) is 16.4. The second-order valence-corrected chi connectivity index (χ2v) is 5.59. The third-order valence-corrected chi connectivity index (χ3v) is 4.25. The highest BCUT2D eigenvalue weighted by molar-refractivity contribution is 7.07. The largest absolute Gasteiger partial charge is 0.349 e. The lowest BCUT2D eigenvalue weighted by Crippen LogP contribution is -2.38. The first-order chi connectivity index (χ1) is 10.7. The highest BCUT2D eigenvalue weighted by Gasteiger charge is 2.19. The van der Waals surface area contributed by atoms with Gasteiger partial charge in [0.15, 0.2) is 0 Å². The summed E-state index contributed by atoms with van der Waals surface area (Å²) in [6, 6.07) is 4.93. The standard InChI is InChI=1S/C15H20N4O2S/c1-3-19(4-2)13(11-7-8-22-10-11)9-16-15(21)12-5-6-14(20)18-17-12/h5-8,10,13H,3-4,9H2,1-2H3,(H,16,21)(H,18,20)/t13-/m1/s1. The second kappa shape index (κ2) is 7.86. The summed E-state index contributed by atoms with van der Waals surface area (Å²) in [4.78, 5) is 25.4. The van der Waals surface area contributed by atoms with Crippen molar-refractivity contribution in [2.75, 3.05) is 19.6 Å². The number of nitrogens with one attached hydrogen (secondary N) is 2. The van der Waals surface area contributed by atoms with Crippen molar-refractivity contribution in [1.82, 2.24) is 20.4 Å². The minimum atomic E-state index is -0.323. The average molecular weight is 320 g/mol. The van der Waals surface area contributed by atoms with E-state index in [0.29, 0.717) is 6.54 Å². The van der Waals surface area contributed by atoms with Gasteiger partial charge in [0.25, 0.3) is 11.5 Å². The maximum atomic E-state index is 12.1. The average Bonchev–Trinajstić information content (AvgIpc) is 3.06. The summed E-state index contributed by atoms with van der Waals surface area (Å²) in [6.07, 6.45) is 0. The number of amides is 1. The Hall–Kier alpha value is -1.99. The molecule has 7 heteroatoms. The number of rotatable bonds is 7. The Kier molecular flexibility index (Phi) is 5.85. The van der Waals surface area contributed by atoms with Crippen LogP contribution in [-0.2, 0) is 0 Å². The van der Waals surface area contributed by atoms with E-state index < -0.39 is 0 Å². The number of thiophene rings is 1. The van der Waals surface area contributed by atoms with E-state index in [-0.39, 0.29) is 23.2 Å². The zero-order valence-corrected chi connectivity index (χ0v) is 13.5. The van der Waals surface area contributed by atoms with Crippen LogP contribution in [0.25, 0.3) is 0 Å². The minimum absolute atomic E-state index is 0.132. The Morgan fingerprint density at radius 2 is 2.14 bits per heavy atom. The molecule has 2 rings (SSSR count). The molecular weight excluding hydrogens is 300 g/mol. The van der Waals surface area contributed by atoms with Gasteiger partial charge in [-0.3, -0.25) is 14.5 Å². The van der Waals surface area contributed by atoms with Crippen LogP contribution in [0.15, 0.2) is 33.8 Å². The number of H-pyrrole nitrogens is 1. The van der Waals surface area contributed by atoms with E-state index in [1.165, 1.54) is 17.7 Å². The molecule has 0 aliphatic heterocycles. The molecule has 2 aromatic rings. The molecule has 0 unspecified atom stereocenters. The van der Waals surface area contributed by atoms with Crippen molar-refractivity contribution in [2.45, 2.75) is 19.9 Å². The third-order valence-electron chi connectivity index (χ3n) is 3.55. The van der Waals surface area contributed by atoms with Gasteiger partial charge in [-0.2, -0.15) is 16.4 Å². The Balaban J connectivity index is 2.06. The van der Waals surface area contributed by atoms with Gasteiger partial charge in [0.2, 0.25) is 0 Å². The third kappa shape index (κ3) is 4.02. The van der Waals surface area contributed by atoms with Gasteiger partial charge in [0.1, 0.15) is 5.69 Å². The van der Waals surface area contributed by atoms with Gasteiger partial charge in [0.05, 0.1) is 6.04 Å². The summed E-state index contributed by atoms with van der Waals surface area (Å²) < 4.78 is 0. The molecule has 1 atom stereocenters. The van der Waals surface area contributed by atoms with Gasteiger partial charge in [-0.05, 0) is 41.5 Å². The lowest BCUT2D eigenvalue weighted by atomic mass is 10.1. The molecule has 0 bridgehead atoms. The number of carbonyl (C=O) groups is 1. The molecule has 6 nitrogen and oxygen atoms in total. The Bertz CT molecular complexity index is 629. The van der Waals surface area contributed by atoms with Crippen LogP contribution in [0.4, 0.5) is 0 Å². The molecule has 1 amide bonds. The molecule has 0 aliphatic rings. The van der Waals surface area contributed by atoms with Gasteiger partial charge < -0.3 is 5.32 Å². The molecule has 118 valence electrons. The van der Waals surface area contributed by atoms with Crippen molar-refractivity contribution in [3.63, 3.8) is 0 Å². The van der Waals surface area contributed by atoms with Crippen LogP contribution in [-0.4, -0.2) is 40.6 Å². The van der Waals surface area contributed by atoms with Gasteiger partial charge >= 0.3 is 0 Å². The summed E-state index contributed by atoms with van der Waals surface area (Å²) in [5.41, 5.74) is 1.09. The van der Waals surface area contributed by atoms with Crippen LogP contribution in [0.3, 0.4) is 0 Å². The molecule has 0 spiro atoms. The Labute approximate surface area is 133 Å². The molecular formula is C15H20N4O2S. The smallest absolute Gasteiger partial charge is 0.271 e. The quantitative estimate of drug-likeness (QED) is 0.813. The maximum Gasteiger partial charge on any atom is 0.271 e. The topological polar surface area (TPSA) is 78.1 Å². The zero-order chi connectivity index (χ0) is 15.9. The van der Waals surface area contributed by atoms with Crippen molar-refractivity contribution in [3.05, 3.63) is 50.6 Å². The molecule has 2 heterocycles. The SMILES string of the molecule is CCN(CC)[C@H](CNC(=O)c1ccc(=O)[nH]n1)c1ccsc1. The molecule has 2 N–H and O–H groups in total. The number of hydrogen-bond donors (Lipinski definition) is 2. The van der Waals surface area contributed by atoms with Crippen molar-refractivity contribution < 1.29 is 4.79 Å². The lowest BCUT2D eigenvalue weighted by molar-refractivity contribution is 0.0929. The van der Waals surface area contributed by atoms with E-state index in [1.54, 1.807) is 11.3 Å². The van der Waals surface area contributed by atoms with Gasteiger partial charge in [-0.15, -0.1) is 0 Å². The Morgan fingerprint density at radius 1 is 1.36 bits per heavy atom. The van der Waals surface area contributed by atoms with E-state index in [1.807, 2.05) is 5.38 Å². The fourth-order valence-corrected chi connectivity index (χ4v) is 3.04. The second-order valence-electron chi connectivity index (χ2n) is 4.81. The number of likely N-dealkylation sites (N-methyl/N-ethyl adjacent to an activating group) is 1. The summed E-state index contributed by atoms with van der Waals surface area (Å²) in [5.74, 6) is -0.288. The number of carbonyl (C=O) groups excluding carboxylic acids is 1. The van der Waals surface area contributed by atoms with Crippen LogP contribution in [0, 0.1) is 0 Å². The van der Waals surface area contributed by atoms with Gasteiger partial charge in [-0.25, -0.2) is 5.10 Å². The summed E-state index contributed by atoms with van der Waals surface area (Å²) in [6.45, 7) is 6.52. The predicted molar refractivity (Wildman–Crippen MR) is 87.2 cm³/mol.